The molecule has 0 spiro atoms. The molecule has 3 amide bonds. The Morgan fingerprint density at radius 1 is 0.875 bits per heavy atom. The second-order valence-electron chi connectivity index (χ2n) is 6.06. The molecule has 6 heteroatoms. The van der Waals surface area contributed by atoms with Gasteiger partial charge in [-0.15, -0.1) is 0 Å². The Bertz CT molecular complexity index is 917. The number of nitrogens with zero attached hydrogens (tertiary/aromatic N) is 2. The van der Waals surface area contributed by atoms with Crippen LogP contribution in [0.5, 0.6) is 0 Å². The molecule has 0 saturated heterocycles. The van der Waals surface area contributed by atoms with E-state index in [1.807, 2.05) is 19.1 Å². The second-order valence-corrected chi connectivity index (χ2v) is 6.06. The Labute approximate surface area is 137 Å². The van der Waals surface area contributed by atoms with Crippen molar-refractivity contribution in [3.63, 3.8) is 0 Å². The molecule has 120 valence electrons. The van der Waals surface area contributed by atoms with E-state index >= 15 is 0 Å². The highest BCUT2D eigenvalue weighted by molar-refractivity contribution is 6.35. The molecule has 0 radical (unpaired) electrons. The quantitative estimate of drug-likeness (QED) is 0.813. The van der Waals surface area contributed by atoms with Gasteiger partial charge in [0.25, 0.3) is 17.7 Å². The fraction of sp³-hybridized carbons (Fsp3) is 0.167. The number of aliphatic hydroxyl groups excluding tert-OH is 1. The second kappa shape index (κ2) is 4.75. The molecule has 1 N–H and O–H groups in total. The number of anilines is 1. The van der Waals surface area contributed by atoms with E-state index in [0.717, 1.165) is 10.5 Å². The van der Waals surface area contributed by atoms with Crippen LogP contribution < -0.4 is 4.90 Å². The molecular weight excluding hydrogens is 308 g/mol. The predicted molar refractivity (Wildman–Crippen MR) is 85.8 cm³/mol. The summed E-state index contributed by atoms with van der Waals surface area (Å²) >= 11 is 0. The summed E-state index contributed by atoms with van der Waals surface area (Å²) < 4.78 is 0. The van der Waals surface area contributed by atoms with Gasteiger partial charge < -0.3 is 10.0 Å². The highest BCUT2D eigenvalue weighted by atomic mass is 16.3. The summed E-state index contributed by atoms with van der Waals surface area (Å²) in [6, 6.07) is 9.92. The summed E-state index contributed by atoms with van der Waals surface area (Å²) in [5.41, 5.74) is 2.52. The third-order valence-electron chi connectivity index (χ3n) is 4.54. The van der Waals surface area contributed by atoms with Gasteiger partial charge in [-0.2, -0.15) is 0 Å². The van der Waals surface area contributed by atoms with Crippen molar-refractivity contribution in [2.45, 2.75) is 13.2 Å². The number of aryl methyl sites for hydroxylation is 1. The van der Waals surface area contributed by atoms with Crippen LogP contribution in [0.25, 0.3) is 0 Å². The molecule has 0 aliphatic carbocycles. The van der Waals surface area contributed by atoms with Crippen LogP contribution in [0.3, 0.4) is 0 Å². The normalized spacial score (nSPS) is 19.1. The SMILES string of the molecule is Cc1ccc(N2C(=O)c3cc4c(cc3C2=O)C(O)N(C)C4=O)cc1. The smallest absolute Gasteiger partial charge is 0.266 e. The lowest BCUT2D eigenvalue weighted by Crippen LogP contribution is -2.29. The number of fused-ring (bicyclic) bond motifs is 2. The molecule has 0 fully saturated rings. The van der Waals surface area contributed by atoms with Gasteiger partial charge in [0, 0.05) is 18.2 Å². The maximum Gasteiger partial charge on any atom is 0.266 e. The molecule has 2 aliphatic rings. The first-order valence-electron chi connectivity index (χ1n) is 7.49. The Morgan fingerprint density at radius 3 is 2.08 bits per heavy atom. The third-order valence-corrected chi connectivity index (χ3v) is 4.54. The van der Waals surface area contributed by atoms with E-state index in [2.05, 4.69) is 0 Å². The summed E-state index contributed by atoms with van der Waals surface area (Å²) in [4.78, 5) is 39.8. The van der Waals surface area contributed by atoms with E-state index in [-0.39, 0.29) is 22.6 Å². The number of carbonyl (C=O) groups excluding carboxylic acids is 3. The molecule has 2 aromatic carbocycles. The molecule has 6 nitrogen and oxygen atoms in total. The number of rotatable bonds is 1. The van der Waals surface area contributed by atoms with Crippen molar-refractivity contribution >= 4 is 23.4 Å². The third kappa shape index (κ3) is 1.77. The first-order chi connectivity index (χ1) is 11.4. The Balaban J connectivity index is 1.84. The van der Waals surface area contributed by atoms with Crippen molar-refractivity contribution in [3.05, 3.63) is 64.2 Å². The van der Waals surface area contributed by atoms with E-state index in [1.165, 1.54) is 24.1 Å². The van der Waals surface area contributed by atoms with E-state index in [1.54, 1.807) is 12.1 Å². The van der Waals surface area contributed by atoms with Crippen molar-refractivity contribution < 1.29 is 19.5 Å². The maximum atomic E-state index is 12.7. The summed E-state index contributed by atoms with van der Waals surface area (Å²) in [6.07, 6.45) is -1.10. The largest absolute Gasteiger partial charge is 0.369 e. The first kappa shape index (κ1) is 14.6. The van der Waals surface area contributed by atoms with Crippen LogP contribution in [0, 0.1) is 6.92 Å². The molecule has 0 bridgehead atoms. The van der Waals surface area contributed by atoms with Gasteiger partial charge in [0.1, 0.15) is 0 Å². The fourth-order valence-corrected chi connectivity index (χ4v) is 3.14. The summed E-state index contributed by atoms with van der Waals surface area (Å²) in [7, 11) is 1.47. The average molecular weight is 322 g/mol. The lowest BCUT2D eigenvalue weighted by molar-refractivity contribution is 0.0301. The molecule has 24 heavy (non-hydrogen) atoms. The highest BCUT2D eigenvalue weighted by Crippen LogP contribution is 2.36. The average Bonchev–Trinajstić information content (AvgIpc) is 2.94. The zero-order valence-electron chi connectivity index (χ0n) is 13.1. The van der Waals surface area contributed by atoms with Gasteiger partial charge in [-0.05, 0) is 31.2 Å². The van der Waals surface area contributed by atoms with Crippen molar-refractivity contribution in [1.29, 1.82) is 0 Å². The Kier molecular flexibility index (Phi) is 2.89. The molecule has 0 saturated carbocycles. The molecular formula is C18H14N2O4. The molecule has 2 aliphatic heterocycles. The monoisotopic (exact) mass is 322 g/mol. The molecule has 4 rings (SSSR count). The molecule has 2 heterocycles. The van der Waals surface area contributed by atoms with Crippen molar-refractivity contribution in [1.82, 2.24) is 4.90 Å². The van der Waals surface area contributed by atoms with E-state index < -0.39 is 18.0 Å². The van der Waals surface area contributed by atoms with Gasteiger partial charge in [-0.3, -0.25) is 14.4 Å². The fourth-order valence-electron chi connectivity index (χ4n) is 3.14. The van der Waals surface area contributed by atoms with Crippen molar-refractivity contribution in [2.75, 3.05) is 11.9 Å². The zero-order chi connectivity index (χ0) is 17.2. The maximum absolute atomic E-state index is 12.7. The van der Waals surface area contributed by atoms with E-state index in [4.69, 9.17) is 0 Å². The minimum Gasteiger partial charge on any atom is -0.369 e. The summed E-state index contributed by atoms with van der Waals surface area (Å²) in [6.45, 7) is 1.92. The summed E-state index contributed by atoms with van der Waals surface area (Å²) in [5.74, 6) is -1.27. The standard InChI is InChI=1S/C18H14N2O4/c1-9-3-5-10(6-4-9)20-17(23)13-7-11-12(8-14(13)18(20)24)16(22)19(2)15(11)21/h3-8,15,21H,1-2H3. The number of carbonyl (C=O) groups is 3. The summed E-state index contributed by atoms with van der Waals surface area (Å²) in [5, 5.41) is 10.1. The lowest BCUT2D eigenvalue weighted by atomic mass is 10.0. The van der Waals surface area contributed by atoms with Gasteiger partial charge in [0.2, 0.25) is 0 Å². The number of hydrogen-bond donors (Lipinski definition) is 1. The van der Waals surface area contributed by atoms with Crippen LogP contribution in [0.2, 0.25) is 0 Å². The number of amides is 3. The lowest BCUT2D eigenvalue weighted by Gasteiger charge is -2.14. The molecule has 2 aromatic rings. The minimum absolute atomic E-state index is 0.190. The predicted octanol–water partition coefficient (Wildman–Crippen LogP) is 1.87. The van der Waals surface area contributed by atoms with Gasteiger partial charge in [0.15, 0.2) is 6.23 Å². The van der Waals surface area contributed by atoms with E-state index in [0.29, 0.717) is 11.3 Å². The van der Waals surface area contributed by atoms with Gasteiger partial charge in [0.05, 0.1) is 16.8 Å². The number of aliphatic hydroxyl groups is 1. The molecule has 1 atom stereocenters. The van der Waals surface area contributed by atoms with Gasteiger partial charge in [-0.1, -0.05) is 17.7 Å². The Hall–Kier alpha value is -2.99. The number of imide groups is 1. The topological polar surface area (TPSA) is 77.9 Å². The van der Waals surface area contributed by atoms with Crippen molar-refractivity contribution in [3.8, 4) is 0 Å². The highest BCUT2D eigenvalue weighted by Gasteiger charge is 2.41. The van der Waals surface area contributed by atoms with Gasteiger partial charge >= 0.3 is 0 Å². The van der Waals surface area contributed by atoms with Crippen LogP contribution in [0.1, 0.15) is 48.4 Å². The number of hydrogen-bond acceptors (Lipinski definition) is 4. The zero-order valence-corrected chi connectivity index (χ0v) is 13.1. The molecule has 0 aromatic heterocycles. The Morgan fingerprint density at radius 2 is 1.46 bits per heavy atom. The first-order valence-corrected chi connectivity index (χ1v) is 7.49. The van der Waals surface area contributed by atoms with Gasteiger partial charge in [-0.25, -0.2) is 4.90 Å². The number of benzene rings is 2. The van der Waals surface area contributed by atoms with Crippen LogP contribution >= 0.6 is 0 Å². The van der Waals surface area contributed by atoms with Crippen LogP contribution in [0.15, 0.2) is 36.4 Å². The van der Waals surface area contributed by atoms with Crippen LogP contribution in [0.4, 0.5) is 5.69 Å². The van der Waals surface area contributed by atoms with E-state index in [9.17, 15) is 19.5 Å². The van der Waals surface area contributed by atoms with Crippen LogP contribution in [-0.2, 0) is 0 Å². The van der Waals surface area contributed by atoms with Crippen molar-refractivity contribution in [2.24, 2.45) is 0 Å². The van der Waals surface area contributed by atoms with Crippen LogP contribution in [-0.4, -0.2) is 34.8 Å². The minimum atomic E-state index is -1.10. The molecule has 1 unspecified atom stereocenters.